The molecular formula is C12H19N3O. The highest BCUT2D eigenvalue weighted by Gasteiger charge is 2.13. The average Bonchev–Trinajstić information content (AvgIpc) is 2.83. The maximum Gasteiger partial charge on any atom is 0.137 e. The third kappa shape index (κ3) is 3.10. The number of pyridine rings is 1. The Kier molecular flexibility index (Phi) is 3.99. The van der Waals surface area contributed by atoms with Gasteiger partial charge < -0.3 is 15.4 Å². The van der Waals surface area contributed by atoms with Crippen molar-refractivity contribution in [2.45, 2.75) is 12.8 Å². The summed E-state index contributed by atoms with van der Waals surface area (Å²) in [5.74, 6) is 2.54. The van der Waals surface area contributed by atoms with Crippen molar-refractivity contribution in [1.82, 2.24) is 10.3 Å². The summed E-state index contributed by atoms with van der Waals surface area (Å²) in [5, 5.41) is 6.70. The van der Waals surface area contributed by atoms with E-state index in [0.717, 1.165) is 30.6 Å². The van der Waals surface area contributed by atoms with E-state index in [-0.39, 0.29) is 0 Å². The predicted molar refractivity (Wildman–Crippen MR) is 64.9 cm³/mol. The van der Waals surface area contributed by atoms with Crippen LogP contribution in [0.25, 0.3) is 0 Å². The second kappa shape index (κ2) is 5.70. The lowest BCUT2D eigenvalue weighted by molar-refractivity contribution is 0.413. The van der Waals surface area contributed by atoms with E-state index in [1.165, 1.54) is 19.4 Å². The van der Waals surface area contributed by atoms with Gasteiger partial charge in [-0.1, -0.05) is 0 Å². The minimum atomic E-state index is 0.797. The molecule has 2 rings (SSSR count). The number of methoxy groups -OCH3 is 1. The van der Waals surface area contributed by atoms with Crippen LogP contribution in [0.2, 0.25) is 0 Å². The number of anilines is 1. The maximum absolute atomic E-state index is 5.06. The summed E-state index contributed by atoms with van der Waals surface area (Å²) in [4.78, 5) is 4.26. The van der Waals surface area contributed by atoms with E-state index < -0.39 is 0 Å². The largest absolute Gasteiger partial charge is 0.495 e. The van der Waals surface area contributed by atoms with Gasteiger partial charge in [-0.05, 0) is 44.0 Å². The summed E-state index contributed by atoms with van der Waals surface area (Å²) in [6, 6.07) is 3.87. The van der Waals surface area contributed by atoms with Crippen LogP contribution in [0.5, 0.6) is 5.75 Å². The Labute approximate surface area is 96.4 Å². The van der Waals surface area contributed by atoms with Crippen molar-refractivity contribution < 1.29 is 4.74 Å². The highest BCUT2D eigenvalue weighted by molar-refractivity contribution is 5.37. The van der Waals surface area contributed by atoms with Crippen LogP contribution in [0, 0.1) is 5.92 Å². The molecule has 1 atom stereocenters. The molecule has 0 spiro atoms. The molecule has 2 heterocycles. The zero-order chi connectivity index (χ0) is 11.2. The Bertz CT molecular complexity index is 307. The summed E-state index contributed by atoms with van der Waals surface area (Å²) in [7, 11) is 1.65. The van der Waals surface area contributed by atoms with Crippen LogP contribution >= 0.6 is 0 Å². The first kappa shape index (κ1) is 11.2. The fourth-order valence-corrected chi connectivity index (χ4v) is 1.97. The highest BCUT2D eigenvalue weighted by Crippen LogP contribution is 2.14. The molecule has 0 aromatic carbocycles. The molecule has 0 amide bonds. The minimum Gasteiger partial charge on any atom is -0.495 e. The summed E-state index contributed by atoms with van der Waals surface area (Å²) in [6.45, 7) is 3.33. The normalized spacial score (nSPS) is 19.7. The number of ether oxygens (including phenoxy) is 1. The van der Waals surface area contributed by atoms with Crippen molar-refractivity contribution in [3.05, 3.63) is 18.3 Å². The molecule has 4 heteroatoms. The molecular weight excluding hydrogens is 202 g/mol. The second-order valence-corrected chi connectivity index (χ2v) is 4.16. The lowest BCUT2D eigenvalue weighted by Gasteiger charge is -2.09. The zero-order valence-corrected chi connectivity index (χ0v) is 9.70. The van der Waals surface area contributed by atoms with Crippen molar-refractivity contribution in [3.63, 3.8) is 0 Å². The number of rotatable bonds is 5. The van der Waals surface area contributed by atoms with Crippen LogP contribution in [-0.2, 0) is 0 Å². The van der Waals surface area contributed by atoms with E-state index in [2.05, 4.69) is 15.6 Å². The number of aromatic nitrogens is 1. The van der Waals surface area contributed by atoms with Crippen LogP contribution < -0.4 is 15.4 Å². The van der Waals surface area contributed by atoms with Crippen molar-refractivity contribution in [2.24, 2.45) is 5.92 Å². The molecule has 1 aliphatic rings. The van der Waals surface area contributed by atoms with E-state index in [0.29, 0.717) is 0 Å². The quantitative estimate of drug-likeness (QED) is 0.791. The molecule has 2 N–H and O–H groups in total. The first-order chi connectivity index (χ1) is 7.88. The Morgan fingerprint density at radius 3 is 3.12 bits per heavy atom. The van der Waals surface area contributed by atoms with E-state index in [9.17, 15) is 0 Å². The van der Waals surface area contributed by atoms with Crippen LogP contribution in [0.15, 0.2) is 18.3 Å². The molecule has 0 bridgehead atoms. The van der Waals surface area contributed by atoms with E-state index in [4.69, 9.17) is 4.74 Å². The second-order valence-electron chi connectivity index (χ2n) is 4.16. The smallest absolute Gasteiger partial charge is 0.137 e. The summed E-state index contributed by atoms with van der Waals surface area (Å²) < 4.78 is 5.06. The van der Waals surface area contributed by atoms with Crippen LogP contribution in [0.1, 0.15) is 12.8 Å². The van der Waals surface area contributed by atoms with Crippen LogP contribution in [-0.4, -0.2) is 31.7 Å². The van der Waals surface area contributed by atoms with Crippen LogP contribution in [0.3, 0.4) is 0 Å². The SMILES string of the molecule is COc1ccc(NCCC2CCNC2)nc1. The predicted octanol–water partition coefficient (Wildman–Crippen LogP) is 1.50. The molecule has 1 aromatic rings. The maximum atomic E-state index is 5.06. The monoisotopic (exact) mass is 221 g/mol. The molecule has 1 saturated heterocycles. The van der Waals surface area contributed by atoms with Gasteiger partial charge in [0.25, 0.3) is 0 Å². The molecule has 0 aliphatic carbocycles. The lowest BCUT2D eigenvalue weighted by Crippen LogP contribution is -2.13. The Hall–Kier alpha value is -1.29. The molecule has 1 unspecified atom stereocenters. The van der Waals surface area contributed by atoms with Gasteiger partial charge in [0, 0.05) is 6.54 Å². The number of hydrogen-bond donors (Lipinski definition) is 2. The molecule has 16 heavy (non-hydrogen) atoms. The summed E-state index contributed by atoms with van der Waals surface area (Å²) in [6.07, 6.45) is 4.25. The van der Waals surface area contributed by atoms with Gasteiger partial charge in [-0.3, -0.25) is 0 Å². The van der Waals surface area contributed by atoms with Gasteiger partial charge in [0.2, 0.25) is 0 Å². The Morgan fingerprint density at radius 2 is 2.50 bits per heavy atom. The Balaban J connectivity index is 1.71. The average molecular weight is 221 g/mol. The van der Waals surface area contributed by atoms with Gasteiger partial charge in [0.15, 0.2) is 0 Å². The molecule has 1 aromatic heterocycles. The highest BCUT2D eigenvalue weighted by atomic mass is 16.5. The van der Waals surface area contributed by atoms with Crippen molar-refractivity contribution in [2.75, 3.05) is 32.1 Å². The molecule has 1 fully saturated rings. The molecule has 0 radical (unpaired) electrons. The fourth-order valence-electron chi connectivity index (χ4n) is 1.97. The standard InChI is InChI=1S/C12H19N3O/c1-16-11-2-3-12(15-9-11)14-7-5-10-4-6-13-8-10/h2-3,9-10,13H,4-8H2,1H3,(H,14,15). The van der Waals surface area contributed by atoms with Gasteiger partial charge in [0.1, 0.15) is 11.6 Å². The minimum absolute atomic E-state index is 0.797. The van der Waals surface area contributed by atoms with Crippen molar-refractivity contribution >= 4 is 5.82 Å². The molecule has 1 aliphatic heterocycles. The fraction of sp³-hybridized carbons (Fsp3) is 0.583. The van der Waals surface area contributed by atoms with Gasteiger partial charge in [-0.25, -0.2) is 4.98 Å². The van der Waals surface area contributed by atoms with E-state index >= 15 is 0 Å². The van der Waals surface area contributed by atoms with Gasteiger partial charge >= 0.3 is 0 Å². The number of nitrogens with one attached hydrogen (secondary N) is 2. The zero-order valence-electron chi connectivity index (χ0n) is 9.70. The summed E-state index contributed by atoms with van der Waals surface area (Å²) >= 11 is 0. The Morgan fingerprint density at radius 1 is 1.56 bits per heavy atom. The topological polar surface area (TPSA) is 46.2 Å². The molecule has 88 valence electrons. The first-order valence-corrected chi connectivity index (χ1v) is 5.83. The van der Waals surface area contributed by atoms with Gasteiger partial charge in [0.05, 0.1) is 13.3 Å². The number of nitrogens with zero attached hydrogens (tertiary/aromatic N) is 1. The van der Waals surface area contributed by atoms with Crippen LogP contribution in [0.4, 0.5) is 5.82 Å². The van der Waals surface area contributed by atoms with Gasteiger partial charge in [-0.15, -0.1) is 0 Å². The van der Waals surface area contributed by atoms with Gasteiger partial charge in [-0.2, -0.15) is 0 Å². The van der Waals surface area contributed by atoms with Crippen molar-refractivity contribution in [3.8, 4) is 5.75 Å². The molecule has 4 nitrogen and oxygen atoms in total. The summed E-state index contributed by atoms with van der Waals surface area (Å²) in [5.41, 5.74) is 0. The number of hydrogen-bond acceptors (Lipinski definition) is 4. The van der Waals surface area contributed by atoms with E-state index in [1.807, 2.05) is 12.1 Å². The third-order valence-electron chi connectivity index (χ3n) is 2.99. The van der Waals surface area contributed by atoms with Crippen molar-refractivity contribution in [1.29, 1.82) is 0 Å². The van der Waals surface area contributed by atoms with E-state index in [1.54, 1.807) is 13.3 Å². The molecule has 0 saturated carbocycles. The first-order valence-electron chi connectivity index (χ1n) is 5.83. The lowest BCUT2D eigenvalue weighted by atomic mass is 10.1. The third-order valence-corrected chi connectivity index (χ3v) is 2.99.